The molecular weight excluding hydrogens is 402 g/mol. The second kappa shape index (κ2) is 9.84. The molecule has 0 spiro atoms. The van der Waals surface area contributed by atoms with E-state index in [1.165, 1.54) is 4.90 Å². The average molecular weight is 434 g/mol. The van der Waals surface area contributed by atoms with Gasteiger partial charge in [0.05, 0.1) is 24.6 Å². The zero-order valence-electron chi connectivity index (χ0n) is 17.8. The summed E-state index contributed by atoms with van der Waals surface area (Å²) in [6.45, 7) is 7.43. The molecule has 1 aliphatic carbocycles. The predicted molar refractivity (Wildman–Crippen MR) is 120 cm³/mol. The van der Waals surface area contributed by atoms with E-state index in [9.17, 15) is 9.59 Å². The molecule has 164 valence electrons. The molecule has 2 saturated heterocycles. The number of hydrogen-bond acceptors (Lipinski definition) is 5. The number of carbonyl (C=O) groups excluding carboxylic acids is 2. The Hall–Kier alpha value is -2.05. The van der Waals surface area contributed by atoms with Gasteiger partial charge in [-0.3, -0.25) is 19.4 Å². The fourth-order valence-electron chi connectivity index (χ4n) is 4.92. The lowest BCUT2D eigenvalue weighted by Gasteiger charge is -2.38. The Labute approximate surface area is 185 Å². The Kier molecular flexibility index (Phi) is 7.42. The zero-order chi connectivity index (χ0) is 20.4. The number of anilines is 1. The average Bonchev–Trinajstić information content (AvgIpc) is 2.99. The standard InChI is InChI=1S/C23H31N3O3.ClH/c1-17(16-26-22(27)18-7-3-4-8-19(18)23(26)28)15-24-11-13-25(14-12-24)20-9-5-6-10-21(20)29-2;/h3-6,9-10,17-19H,7-8,11-16H2,1-2H3;1H. The molecule has 0 aromatic heterocycles. The number of benzene rings is 1. The number of imide groups is 1. The number of piperazine rings is 1. The number of ether oxygens (including phenoxy) is 1. The van der Waals surface area contributed by atoms with E-state index >= 15 is 0 Å². The number of amides is 2. The first kappa shape index (κ1) is 22.6. The van der Waals surface area contributed by atoms with Gasteiger partial charge >= 0.3 is 0 Å². The van der Waals surface area contributed by atoms with Crippen LogP contribution in [0.1, 0.15) is 19.8 Å². The summed E-state index contributed by atoms with van der Waals surface area (Å²) in [6, 6.07) is 8.15. The van der Waals surface area contributed by atoms with Gasteiger partial charge in [0.25, 0.3) is 0 Å². The molecule has 2 heterocycles. The molecule has 1 aromatic rings. The molecule has 3 atom stereocenters. The SMILES string of the molecule is COc1ccccc1N1CCN(CC(C)CN2C(=O)C3CC=CCC3C2=O)CC1.Cl. The lowest BCUT2D eigenvalue weighted by molar-refractivity contribution is -0.140. The highest BCUT2D eigenvalue weighted by molar-refractivity contribution is 6.05. The van der Waals surface area contributed by atoms with Crippen molar-refractivity contribution in [3.8, 4) is 5.75 Å². The van der Waals surface area contributed by atoms with Crippen molar-refractivity contribution in [2.75, 3.05) is 51.3 Å². The zero-order valence-corrected chi connectivity index (χ0v) is 18.6. The van der Waals surface area contributed by atoms with Crippen molar-refractivity contribution < 1.29 is 14.3 Å². The van der Waals surface area contributed by atoms with Crippen LogP contribution < -0.4 is 9.64 Å². The molecule has 0 bridgehead atoms. The van der Waals surface area contributed by atoms with Crippen LogP contribution in [0.5, 0.6) is 5.75 Å². The first-order valence-corrected chi connectivity index (χ1v) is 10.7. The highest BCUT2D eigenvalue weighted by Gasteiger charge is 2.47. The van der Waals surface area contributed by atoms with Crippen LogP contribution in [0.15, 0.2) is 36.4 Å². The maximum atomic E-state index is 12.7. The summed E-state index contributed by atoms with van der Waals surface area (Å²) in [5, 5.41) is 0. The molecular formula is C23H32ClN3O3. The molecule has 3 aliphatic rings. The maximum absolute atomic E-state index is 12.7. The molecule has 6 nitrogen and oxygen atoms in total. The molecule has 0 radical (unpaired) electrons. The summed E-state index contributed by atoms with van der Waals surface area (Å²) in [7, 11) is 1.71. The second-order valence-corrected chi connectivity index (χ2v) is 8.51. The van der Waals surface area contributed by atoms with E-state index in [1.54, 1.807) is 7.11 Å². The predicted octanol–water partition coefficient (Wildman–Crippen LogP) is 2.83. The third kappa shape index (κ3) is 4.49. The molecule has 7 heteroatoms. The summed E-state index contributed by atoms with van der Waals surface area (Å²) in [6.07, 6.45) is 5.51. The summed E-state index contributed by atoms with van der Waals surface area (Å²) in [5.41, 5.74) is 1.15. The van der Waals surface area contributed by atoms with E-state index in [2.05, 4.69) is 22.8 Å². The Morgan fingerprint density at radius 3 is 2.17 bits per heavy atom. The van der Waals surface area contributed by atoms with Gasteiger partial charge in [-0.25, -0.2) is 0 Å². The van der Waals surface area contributed by atoms with Crippen molar-refractivity contribution in [2.45, 2.75) is 19.8 Å². The number of halogens is 1. The third-order valence-corrected chi connectivity index (χ3v) is 6.46. The minimum Gasteiger partial charge on any atom is -0.495 e. The normalized spacial score (nSPS) is 25.1. The molecule has 2 aliphatic heterocycles. The van der Waals surface area contributed by atoms with Crippen molar-refractivity contribution in [1.29, 1.82) is 0 Å². The molecule has 2 fully saturated rings. The van der Waals surface area contributed by atoms with E-state index < -0.39 is 0 Å². The first-order valence-electron chi connectivity index (χ1n) is 10.7. The first-order chi connectivity index (χ1) is 14.1. The van der Waals surface area contributed by atoms with Crippen molar-refractivity contribution in [3.63, 3.8) is 0 Å². The van der Waals surface area contributed by atoms with Gasteiger partial charge in [0, 0.05) is 39.3 Å². The van der Waals surface area contributed by atoms with E-state index in [0.717, 1.165) is 44.2 Å². The quantitative estimate of drug-likeness (QED) is 0.510. The van der Waals surface area contributed by atoms with E-state index in [1.807, 2.05) is 30.4 Å². The smallest absolute Gasteiger partial charge is 0.233 e. The van der Waals surface area contributed by atoms with Gasteiger partial charge in [-0.1, -0.05) is 31.2 Å². The number of fused-ring (bicyclic) bond motifs is 1. The molecule has 30 heavy (non-hydrogen) atoms. The Balaban J connectivity index is 0.00000256. The molecule has 2 amide bonds. The molecule has 1 aromatic carbocycles. The van der Waals surface area contributed by atoms with Crippen LogP contribution in [0.3, 0.4) is 0 Å². The lowest BCUT2D eigenvalue weighted by atomic mass is 9.85. The molecule has 4 rings (SSSR count). The van der Waals surface area contributed by atoms with Crippen molar-refractivity contribution in [1.82, 2.24) is 9.80 Å². The third-order valence-electron chi connectivity index (χ3n) is 6.46. The van der Waals surface area contributed by atoms with Crippen LogP contribution in [0.4, 0.5) is 5.69 Å². The van der Waals surface area contributed by atoms with Crippen molar-refractivity contribution >= 4 is 29.9 Å². The molecule has 0 saturated carbocycles. The number of rotatable bonds is 6. The minimum atomic E-state index is -0.121. The fourth-order valence-corrected chi connectivity index (χ4v) is 4.92. The Bertz CT molecular complexity index is 766. The van der Waals surface area contributed by atoms with Crippen LogP contribution in [0, 0.1) is 17.8 Å². The van der Waals surface area contributed by atoms with Gasteiger partial charge in [-0.05, 0) is 30.9 Å². The Morgan fingerprint density at radius 1 is 0.967 bits per heavy atom. The summed E-state index contributed by atoms with van der Waals surface area (Å²) >= 11 is 0. The van der Waals surface area contributed by atoms with Crippen LogP contribution in [-0.4, -0.2) is 68.0 Å². The van der Waals surface area contributed by atoms with E-state index in [-0.39, 0.29) is 42.0 Å². The summed E-state index contributed by atoms with van der Waals surface area (Å²) in [5.74, 6) is 1.02. The van der Waals surface area contributed by atoms with Crippen LogP contribution in [0.2, 0.25) is 0 Å². The number of methoxy groups -OCH3 is 1. The fraction of sp³-hybridized carbons (Fsp3) is 0.565. The topological polar surface area (TPSA) is 53.1 Å². The second-order valence-electron chi connectivity index (χ2n) is 8.51. The van der Waals surface area contributed by atoms with Gasteiger partial charge in [0.1, 0.15) is 5.75 Å². The number of nitrogens with zero attached hydrogens (tertiary/aromatic N) is 3. The molecule has 0 N–H and O–H groups in total. The van der Waals surface area contributed by atoms with Crippen LogP contribution in [0.25, 0.3) is 0 Å². The summed E-state index contributed by atoms with van der Waals surface area (Å²) in [4.78, 5) is 31.7. The molecule has 3 unspecified atom stereocenters. The Morgan fingerprint density at radius 2 is 1.57 bits per heavy atom. The van der Waals surface area contributed by atoms with Gasteiger partial charge < -0.3 is 9.64 Å². The van der Waals surface area contributed by atoms with Crippen LogP contribution >= 0.6 is 12.4 Å². The monoisotopic (exact) mass is 433 g/mol. The van der Waals surface area contributed by atoms with Crippen LogP contribution in [-0.2, 0) is 9.59 Å². The van der Waals surface area contributed by atoms with E-state index in [4.69, 9.17) is 4.74 Å². The number of para-hydroxylation sites is 2. The maximum Gasteiger partial charge on any atom is 0.233 e. The highest BCUT2D eigenvalue weighted by Crippen LogP contribution is 2.35. The number of carbonyl (C=O) groups is 2. The van der Waals surface area contributed by atoms with Crippen molar-refractivity contribution in [3.05, 3.63) is 36.4 Å². The largest absolute Gasteiger partial charge is 0.495 e. The number of likely N-dealkylation sites (tertiary alicyclic amines) is 1. The number of allylic oxidation sites excluding steroid dienone is 2. The van der Waals surface area contributed by atoms with Gasteiger partial charge in [0.2, 0.25) is 11.8 Å². The lowest BCUT2D eigenvalue weighted by Crippen LogP contribution is -2.49. The van der Waals surface area contributed by atoms with Gasteiger partial charge in [0.15, 0.2) is 0 Å². The highest BCUT2D eigenvalue weighted by atomic mass is 35.5. The number of hydrogen-bond donors (Lipinski definition) is 0. The van der Waals surface area contributed by atoms with Crippen molar-refractivity contribution in [2.24, 2.45) is 17.8 Å². The summed E-state index contributed by atoms with van der Waals surface area (Å²) < 4.78 is 5.50. The van der Waals surface area contributed by atoms with E-state index in [0.29, 0.717) is 19.4 Å². The minimum absolute atomic E-state index is 0. The van der Waals surface area contributed by atoms with Gasteiger partial charge in [-0.15, -0.1) is 12.4 Å². The van der Waals surface area contributed by atoms with Gasteiger partial charge in [-0.2, -0.15) is 0 Å².